The van der Waals surface area contributed by atoms with Crippen molar-refractivity contribution in [1.29, 1.82) is 5.26 Å². The summed E-state index contributed by atoms with van der Waals surface area (Å²) in [6.07, 6.45) is 2.06. The molecule has 3 heterocycles. The minimum Gasteiger partial charge on any atom is -0.336 e. The molecule has 2 aromatic rings. The predicted octanol–water partition coefficient (Wildman–Crippen LogP) is 2.60. The van der Waals surface area contributed by atoms with Gasteiger partial charge in [0, 0.05) is 48.6 Å². The summed E-state index contributed by atoms with van der Waals surface area (Å²) in [5.74, 6) is 0.578. The maximum atomic E-state index is 12.8. The number of thioether (sulfide) groups is 1. The Morgan fingerprint density at radius 3 is 2.79 bits per heavy atom. The van der Waals surface area contributed by atoms with Gasteiger partial charge in [-0.1, -0.05) is 19.9 Å². The van der Waals surface area contributed by atoms with Gasteiger partial charge in [0.25, 0.3) is 0 Å². The number of carbonyl (C=O) groups excluding carboxylic acids is 3. The molecule has 1 N–H and O–H groups in total. The van der Waals surface area contributed by atoms with Gasteiger partial charge in [-0.25, -0.2) is 14.8 Å². The smallest absolute Gasteiger partial charge is 0.328 e. The summed E-state index contributed by atoms with van der Waals surface area (Å²) in [5.41, 5.74) is 1.24. The van der Waals surface area contributed by atoms with E-state index in [9.17, 15) is 19.6 Å². The normalized spacial score (nSPS) is 14.1. The Hall–Kier alpha value is -3.49. The summed E-state index contributed by atoms with van der Waals surface area (Å²) in [6.45, 7) is 5.99. The first kappa shape index (κ1) is 25.1. The molecule has 11 heteroatoms. The number of hydrogen-bond acceptors (Lipinski definition) is 8. The van der Waals surface area contributed by atoms with Gasteiger partial charge in [0.05, 0.1) is 12.1 Å². The van der Waals surface area contributed by atoms with Crippen molar-refractivity contribution in [2.24, 2.45) is 0 Å². The van der Waals surface area contributed by atoms with Crippen LogP contribution in [0, 0.1) is 11.3 Å². The van der Waals surface area contributed by atoms with Crippen LogP contribution in [0.5, 0.6) is 0 Å². The summed E-state index contributed by atoms with van der Waals surface area (Å²) in [5, 5.41) is 12.2. The van der Waals surface area contributed by atoms with Crippen LogP contribution in [0.15, 0.2) is 29.3 Å². The number of nitrogens with zero attached hydrogens (tertiary/aromatic N) is 6. The second-order valence-electron chi connectivity index (χ2n) is 8.22. The van der Waals surface area contributed by atoms with Crippen LogP contribution in [0.3, 0.4) is 0 Å². The number of aldehydes is 1. The second-order valence-corrected chi connectivity index (χ2v) is 9.84. The number of nitriles is 1. The first-order valence-corrected chi connectivity index (χ1v) is 11.6. The number of amides is 3. The fourth-order valence-corrected chi connectivity index (χ4v) is 4.27. The Bertz CT molecular complexity index is 1130. The molecule has 3 rings (SSSR count). The van der Waals surface area contributed by atoms with Gasteiger partial charge < -0.3 is 4.90 Å². The molecule has 0 spiro atoms. The minimum atomic E-state index is -0.496. The van der Waals surface area contributed by atoms with Gasteiger partial charge in [-0.3, -0.25) is 24.7 Å². The molecule has 178 valence electrons. The molecule has 0 saturated carbocycles. The maximum Gasteiger partial charge on any atom is 0.328 e. The van der Waals surface area contributed by atoms with Crippen molar-refractivity contribution in [3.63, 3.8) is 0 Å². The molecule has 10 nitrogen and oxygen atoms in total. The highest BCUT2D eigenvalue weighted by atomic mass is 32.2. The number of aromatic nitrogens is 2. The van der Waals surface area contributed by atoms with E-state index in [4.69, 9.17) is 0 Å². The van der Waals surface area contributed by atoms with Gasteiger partial charge in [-0.05, 0) is 19.2 Å². The Labute approximate surface area is 202 Å². The van der Waals surface area contributed by atoms with E-state index in [0.29, 0.717) is 36.3 Å². The van der Waals surface area contributed by atoms with Crippen molar-refractivity contribution in [1.82, 2.24) is 19.8 Å². The summed E-state index contributed by atoms with van der Waals surface area (Å²) in [7, 11) is 3.42. The van der Waals surface area contributed by atoms with Crippen molar-refractivity contribution in [3.05, 3.63) is 41.2 Å². The van der Waals surface area contributed by atoms with Crippen LogP contribution in [0.25, 0.3) is 0 Å². The SMILES string of the molecule is CC(C)Sc1cc(NC(=O)N(C)c2ccc(CN3CCN(C)CC3=O)c(C=O)n2)ncc1C#N. The van der Waals surface area contributed by atoms with E-state index in [1.165, 1.54) is 29.9 Å². The van der Waals surface area contributed by atoms with Crippen molar-refractivity contribution in [2.45, 2.75) is 30.5 Å². The quantitative estimate of drug-likeness (QED) is 0.473. The van der Waals surface area contributed by atoms with E-state index in [0.717, 1.165) is 11.4 Å². The molecule has 0 atom stereocenters. The first-order valence-electron chi connectivity index (χ1n) is 10.7. The van der Waals surface area contributed by atoms with E-state index in [1.807, 2.05) is 25.8 Å². The van der Waals surface area contributed by atoms with E-state index < -0.39 is 6.03 Å². The molecule has 0 bridgehead atoms. The summed E-state index contributed by atoms with van der Waals surface area (Å²) >= 11 is 1.51. The molecule has 1 aliphatic rings. The molecule has 3 amide bonds. The number of likely N-dealkylation sites (N-methyl/N-ethyl adjacent to an activating group) is 1. The molecular weight excluding hydrogens is 454 g/mol. The lowest BCUT2D eigenvalue weighted by Crippen LogP contribution is -2.48. The highest BCUT2D eigenvalue weighted by Crippen LogP contribution is 2.28. The van der Waals surface area contributed by atoms with Crippen molar-refractivity contribution in [3.8, 4) is 6.07 Å². The second kappa shape index (κ2) is 11.1. The average Bonchev–Trinajstić information content (AvgIpc) is 2.80. The molecule has 1 fully saturated rings. The Kier molecular flexibility index (Phi) is 8.20. The molecular formula is C23H27N7O3S. The van der Waals surface area contributed by atoms with Gasteiger partial charge in [-0.2, -0.15) is 5.26 Å². The van der Waals surface area contributed by atoms with Crippen molar-refractivity contribution >= 4 is 41.6 Å². The molecule has 34 heavy (non-hydrogen) atoms. The third kappa shape index (κ3) is 6.09. The third-order valence-electron chi connectivity index (χ3n) is 5.21. The first-order chi connectivity index (χ1) is 16.2. The van der Waals surface area contributed by atoms with Gasteiger partial charge >= 0.3 is 6.03 Å². The zero-order valence-corrected chi connectivity index (χ0v) is 20.4. The fourth-order valence-electron chi connectivity index (χ4n) is 3.35. The number of rotatable bonds is 7. The number of anilines is 2. The fraction of sp³-hybridized carbons (Fsp3) is 0.391. The molecule has 2 aromatic heterocycles. The van der Waals surface area contributed by atoms with Crippen LogP contribution >= 0.6 is 11.8 Å². The van der Waals surface area contributed by atoms with Crippen molar-refractivity contribution < 1.29 is 14.4 Å². The number of pyridine rings is 2. The summed E-state index contributed by atoms with van der Waals surface area (Å²) in [4.78, 5) is 50.9. The number of nitrogens with one attached hydrogen (secondary N) is 1. The molecule has 1 saturated heterocycles. The number of urea groups is 1. The molecule has 1 aliphatic heterocycles. The number of piperazine rings is 1. The number of hydrogen-bond donors (Lipinski definition) is 1. The van der Waals surface area contributed by atoms with E-state index in [2.05, 4.69) is 21.4 Å². The molecule has 0 aromatic carbocycles. The average molecular weight is 482 g/mol. The highest BCUT2D eigenvalue weighted by molar-refractivity contribution is 8.00. The standard InChI is InChI=1S/C23H27N7O3S/c1-15(2)34-19-9-20(25-11-17(19)10-24)27-23(33)29(4)21-6-5-16(18(14-31)26-21)12-30-8-7-28(3)13-22(30)32/h5-6,9,11,14-15H,7-8,12-13H2,1-4H3,(H,25,27,33). The van der Waals surface area contributed by atoms with Crippen LogP contribution in [-0.4, -0.2) is 77.0 Å². The summed E-state index contributed by atoms with van der Waals surface area (Å²) in [6, 6.07) is 6.61. The van der Waals surface area contributed by atoms with Crippen LogP contribution in [0.4, 0.5) is 16.4 Å². The predicted molar refractivity (Wildman–Crippen MR) is 130 cm³/mol. The van der Waals surface area contributed by atoms with Crippen LogP contribution < -0.4 is 10.2 Å². The molecule has 0 radical (unpaired) electrons. The zero-order chi connectivity index (χ0) is 24.8. The Morgan fingerprint density at radius 2 is 2.15 bits per heavy atom. The lowest BCUT2D eigenvalue weighted by Gasteiger charge is -2.32. The topological polar surface area (TPSA) is 123 Å². The largest absolute Gasteiger partial charge is 0.336 e. The zero-order valence-electron chi connectivity index (χ0n) is 19.6. The van der Waals surface area contributed by atoms with E-state index in [-0.39, 0.29) is 29.2 Å². The van der Waals surface area contributed by atoms with E-state index in [1.54, 1.807) is 23.1 Å². The lowest BCUT2D eigenvalue weighted by molar-refractivity contribution is -0.136. The Balaban J connectivity index is 1.73. The Morgan fingerprint density at radius 1 is 1.38 bits per heavy atom. The van der Waals surface area contributed by atoms with E-state index >= 15 is 0 Å². The van der Waals surface area contributed by atoms with Gasteiger partial charge in [0.15, 0.2) is 6.29 Å². The minimum absolute atomic E-state index is 0.00362. The maximum absolute atomic E-state index is 12.8. The lowest BCUT2D eigenvalue weighted by atomic mass is 10.1. The summed E-state index contributed by atoms with van der Waals surface area (Å²) < 4.78 is 0. The van der Waals surface area contributed by atoms with Crippen LogP contribution in [0.2, 0.25) is 0 Å². The van der Waals surface area contributed by atoms with Crippen molar-refractivity contribution in [2.75, 3.05) is 43.9 Å². The molecule has 0 aliphatic carbocycles. The molecule has 0 unspecified atom stereocenters. The van der Waals surface area contributed by atoms with Gasteiger partial charge in [0.2, 0.25) is 5.91 Å². The number of carbonyl (C=O) groups is 3. The monoisotopic (exact) mass is 481 g/mol. The van der Waals surface area contributed by atoms with Crippen LogP contribution in [0.1, 0.15) is 35.5 Å². The van der Waals surface area contributed by atoms with Crippen LogP contribution in [-0.2, 0) is 11.3 Å². The highest BCUT2D eigenvalue weighted by Gasteiger charge is 2.23. The third-order valence-corrected chi connectivity index (χ3v) is 6.28. The van der Waals surface area contributed by atoms with Gasteiger partial charge in [-0.15, -0.1) is 11.8 Å². The van der Waals surface area contributed by atoms with Gasteiger partial charge in [0.1, 0.15) is 23.4 Å².